The number of halogens is 3. The Bertz CT molecular complexity index is 1440. The lowest BCUT2D eigenvalue weighted by atomic mass is 9.72. The van der Waals surface area contributed by atoms with Crippen LogP contribution in [0, 0.1) is 25.6 Å². The molecule has 1 spiro atoms. The molecule has 0 unspecified atom stereocenters. The van der Waals surface area contributed by atoms with E-state index >= 15 is 0 Å². The summed E-state index contributed by atoms with van der Waals surface area (Å²) in [5.74, 6) is 0. The van der Waals surface area contributed by atoms with Crippen molar-refractivity contribution in [3.63, 3.8) is 0 Å². The Morgan fingerprint density at radius 1 is 1.03 bits per heavy atom. The second-order valence-corrected chi connectivity index (χ2v) is 10.5. The van der Waals surface area contributed by atoms with Gasteiger partial charge >= 0.3 is 6.18 Å². The van der Waals surface area contributed by atoms with Gasteiger partial charge in [0.2, 0.25) is 0 Å². The zero-order chi connectivity index (χ0) is 26.5. The lowest BCUT2D eigenvalue weighted by molar-refractivity contribution is -0.384. The Morgan fingerprint density at radius 2 is 1.68 bits per heavy atom. The maximum atomic E-state index is 13.2. The highest BCUT2D eigenvalue weighted by atomic mass is 32.1. The quantitative estimate of drug-likeness (QED) is 0.343. The molecule has 0 atom stereocenters. The molecule has 194 valence electrons. The Hall–Kier alpha value is -3.65. The summed E-state index contributed by atoms with van der Waals surface area (Å²) >= 11 is 0.861. The Balaban J connectivity index is 1.28. The molecule has 0 N–H and O–H groups in total. The maximum Gasteiger partial charge on any atom is 0.416 e. The summed E-state index contributed by atoms with van der Waals surface area (Å²) in [4.78, 5) is 41.7. The van der Waals surface area contributed by atoms with Crippen LogP contribution < -0.4 is 10.5 Å². The van der Waals surface area contributed by atoms with Crippen LogP contribution in [0.5, 0.6) is 0 Å². The Kier molecular flexibility index (Phi) is 6.10. The average molecular weight is 536 g/mol. The second kappa shape index (κ2) is 9.03. The zero-order valence-electron chi connectivity index (χ0n) is 19.2. The first-order valence-electron chi connectivity index (χ1n) is 11.4. The van der Waals surface area contributed by atoms with Crippen molar-refractivity contribution in [1.29, 1.82) is 0 Å². The second-order valence-electron chi connectivity index (χ2n) is 9.48. The van der Waals surface area contributed by atoms with Crippen molar-refractivity contribution in [3.05, 3.63) is 78.1 Å². The van der Waals surface area contributed by atoms with Gasteiger partial charge in [0.05, 0.1) is 20.8 Å². The van der Waals surface area contributed by atoms with Crippen LogP contribution in [-0.4, -0.2) is 45.9 Å². The Labute approximate surface area is 211 Å². The largest absolute Gasteiger partial charge is 0.416 e. The van der Waals surface area contributed by atoms with Crippen molar-refractivity contribution < 1.29 is 23.0 Å². The molecule has 0 aliphatic carbocycles. The molecule has 2 aliphatic heterocycles. The molecule has 1 aromatic heterocycles. The number of likely N-dealkylation sites (tertiary alicyclic amines) is 1. The standard InChI is InChI=1S/C23H20F3N5O5S/c24-23(25,26)15-9-17-19(18(10-15)31(35)36)37-21(27-20(17)32)29-7-5-22(6-8-29)12-28(13-22)11-14-1-3-16(4-2-14)30(33)34/h1-4,9-10H,5-8,11-13H2. The fourth-order valence-electron chi connectivity index (χ4n) is 5.06. The van der Waals surface area contributed by atoms with Crippen LogP contribution in [0.2, 0.25) is 0 Å². The summed E-state index contributed by atoms with van der Waals surface area (Å²) in [6.07, 6.45) is -3.22. The highest BCUT2D eigenvalue weighted by Crippen LogP contribution is 2.43. The van der Waals surface area contributed by atoms with Gasteiger partial charge in [-0.1, -0.05) is 23.5 Å². The van der Waals surface area contributed by atoms with Crippen LogP contribution in [-0.2, 0) is 12.7 Å². The maximum absolute atomic E-state index is 13.2. The Morgan fingerprint density at radius 3 is 2.24 bits per heavy atom. The number of anilines is 1. The average Bonchev–Trinajstić information content (AvgIpc) is 2.82. The molecule has 2 aliphatic rings. The van der Waals surface area contributed by atoms with Gasteiger partial charge in [0.25, 0.3) is 16.9 Å². The molecule has 0 bridgehead atoms. The topological polar surface area (TPSA) is 123 Å². The smallest absolute Gasteiger partial charge is 0.348 e. The summed E-state index contributed by atoms with van der Waals surface area (Å²) in [6.45, 7) is 3.51. The molecule has 10 nitrogen and oxygen atoms in total. The van der Waals surface area contributed by atoms with Crippen molar-refractivity contribution >= 4 is 37.9 Å². The summed E-state index contributed by atoms with van der Waals surface area (Å²) in [6, 6.07) is 7.54. The van der Waals surface area contributed by atoms with Crippen molar-refractivity contribution in [2.45, 2.75) is 25.6 Å². The van der Waals surface area contributed by atoms with Gasteiger partial charge in [-0.3, -0.25) is 29.9 Å². The van der Waals surface area contributed by atoms with Gasteiger partial charge < -0.3 is 4.90 Å². The number of nitrogens with zero attached hydrogens (tertiary/aromatic N) is 5. The van der Waals surface area contributed by atoms with E-state index < -0.39 is 38.2 Å². The van der Waals surface area contributed by atoms with Gasteiger partial charge in [0, 0.05) is 50.9 Å². The monoisotopic (exact) mass is 535 g/mol. The molecular formula is C23H20F3N5O5S. The van der Waals surface area contributed by atoms with E-state index in [1.165, 1.54) is 12.1 Å². The minimum atomic E-state index is -4.83. The van der Waals surface area contributed by atoms with Crippen LogP contribution in [0.1, 0.15) is 24.0 Å². The van der Waals surface area contributed by atoms with Gasteiger partial charge in [-0.2, -0.15) is 18.2 Å². The first-order chi connectivity index (χ1) is 17.4. The zero-order valence-corrected chi connectivity index (χ0v) is 20.0. The molecule has 3 aromatic rings. The van der Waals surface area contributed by atoms with E-state index in [9.17, 15) is 38.2 Å². The van der Waals surface area contributed by atoms with E-state index in [1.54, 1.807) is 12.1 Å². The van der Waals surface area contributed by atoms with E-state index in [4.69, 9.17) is 0 Å². The summed E-state index contributed by atoms with van der Waals surface area (Å²) in [5, 5.41) is 22.2. The fourth-order valence-corrected chi connectivity index (χ4v) is 6.18. The lowest BCUT2D eigenvalue weighted by Gasteiger charge is -2.54. The van der Waals surface area contributed by atoms with E-state index in [2.05, 4.69) is 9.88 Å². The van der Waals surface area contributed by atoms with Crippen molar-refractivity contribution in [2.24, 2.45) is 5.41 Å². The van der Waals surface area contributed by atoms with Crippen LogP contribution >= 0.6 is 11.3 Å². The normalized spacial score (nSPS) is 17.6. The number of alkyl halides is 3. The summed E-state index contributed by atoms with van der Waals surface area (Å²) in [5.41, 5.74) is -1.81. The molecule has 0 saturated carbocycles. The highest BCUT2D eigenvalue weighted by molar-refractivity contribution is 7.22. The molecule has 0 radical (unpaired) electrons. The molecular weight excluding hydrogens is 515 g/mol. The number of rotatable bonds is 5. The summed E-state index contributed by atoms with van der Waals surface area (Å²) < 4.78 is 39.4. The third kappa shape index (κ3) is 4.85. The number of nitro groups is 2. The number of hydrogen-bond acceptors (Lipinski definition) is 9. The third-order valence-electron chi connectivity index (χ3n) is 6.98. The molecule has 5 rings (SSSR count). The van der Waals surface area contributed by atoms with Crippen LogP contribution in [0.25, 0.3) is 10.1 Å². The molecule has 14 heteroatoms. The van der Waals surface area contributed by atoms with E-state index in [1.807, 2.05) is 4.90 Å². The van der Waals surface area contributed by atoms with Gasteiger partial charge in [-0.25, -0.2) is 0 Å². The van der Waals surface area contributed by atoms with Gasteiger partial charge in [0.15, 0.2) is 5.13 Å². The van der Waals surface area contributed by atoms with Crippen LogP contribution in [0.4, 0.5) is 29.7 Å². The molecule has 2 saturated heterocycles. The third-order valence-corrected chi connectivity index (χ3v) is 8.15. The van der Waals surface area contributed by atoms with E-state index in [0.29, 0.717) is 31.8 Å². The number of piperidine rings is 1. The van der Waals surface area contributed by atoms with Gasteiger partial charge in [-0.15, -0.1) is 0 Å². The van der Waals surface area contributed by atoms with Crippen LogP contribution in [0.3, 0.4) is 0 Å². The van der Waals surface area contributed by atoms with Gasteiger partial charge in [-0.05, 0) is 29.9 Å². The number of aromatic nitrogens is 1. The molecule has 3 heterocycles. The highest BCUT2D eigenvalue weighted by Gasteiger charge is 2.45. The molecule has 2 fully saturated rings. The fraction of sp³-hybridized carbons (Fsp3) is 0.391. The minimum Gasteiger partial charge on any atom is -0.348 e. The molecule has 37 heavy (non-hydrogen) atoms. The SMILES string of the molecule is O=c1nc(N2CCC3(CC2)CN(Cc2ccc([N+](=O)[O-])cc2)C3)sc2c([N+](=O)[O-])cc(C(F)(F)F)cc12. The predicted molar refractivity (Wildman–Crippen MR) is 130 cm³/mol. The number of nitro benzene ring substituents is 2. The molecule has 0 amide bonds. The number of fused-ring (bicyclic) bond motifs is 1. The van der Waals surface area contributed by atoms with Crippen molar-refractivity contribution in [3.8, 4) is 0 Å². The van der Waals surface area contributed by atoms with Crippen molar-refractivity contribution in [1.82, 2.24) is 9.88 Å². The first-order valence-corrected chi connectivity index (χ1v) is 12.2. The number of non-ortho nitro benzene ring substituents is 2. The van der Waals surface area contributed by atoms with E-state index in [0.717, 1.165) is 42.8 Å². The van der Waals surface area contributed by atoms with E-state index in [-0.39, 0.29) is 20.9 Å². The molecule has 2 aromatic carbocycles. The first kappa shape index (κ1) is 25.0. The minimum absolute atomic E-state index is 0.0481. The number of benzene rings is 2. The number of hydrogen-bond donors (Lipinski definition) is 0. The predicted octanol–water partition coefficient (Wildman–Crippen LogP) is 4.59. The summed E-state index contributed by atoms with van der Waals surface area (Å²) in [7, 11) is 0. The van der Waals surface area contributed by atoms with Gasteiger partial charge in [0.1, 0.15) is 4.70 Å². The van der Waals surface area contributed by atoms with Crippen LogP contribution in [0.15, 0.2) is 41.2 Å². The van der Waals surface area contributed by atoms with Crippen molar-refractivity contribution in [2.75, 3.05) is 31.1 Å². The lowest BCUT2D eigenvalue weighted by Crippen LogP contribution is -2.59.